The molecule has 1 aliphatic carbocycles. The maximum atomic E-state index is 4.99. The minimum Gasteiger partial charge on any atom is -0.303 e. The normalized spacial score (nSPS) is 35.6. The van der Waals surface area contributed by atoms with Crippen molar-refractivity contribution in [3.05, 3.63) is 11.8 Å². The van der Waals surface area contributed by atoms with Gasteiger partial charge in [-0.05, 0) is 50.9 Å². The lowest BCUT2D eigenvalue weighted by Gasteiger charge is -2.41. The summed E-state index contributed by atoms with van der Waals surface area (Å²) in [6, 6.07) is 0. The van der Waals surface area contributed by atoms with Crippen molar-refractivity contribution in [2.24, 2.45) is 39.7 Å². The van der Waals surface area contributed by atoms with E-state index >= 15 is 0 Å². The molecule has 0 N–H and O–H groups in total. The van der Waals surface area contributed by atoms with Crippen molar-refractivity contribution >= 4 is 11.4 Å². The number of rotatable bonds is 4. The minimum atomic E-state index is 0.424. The topological polar surface area (TPSA) is 28.0 Å². The van der Waals surface area contributed by atoms with E-state index in [1.165, 1.54) is 30.7 Å². The maximum Gasteiger partial charge on any atom is 0.0487 e. The molecule has 0 aromatic heterocycles. The zero-order valence-electron chi connectivity index (χ0n) is 16.1. The first-order valence-electron chi connectivity index (χ1n) is 9.30. The summed E-state index contributed by atoms with van der Waals surface area (Å²) in [6.07, 6.45) is 7.28. The van der Waals surface area contributed by atoms with Gasteiger partial charge in [0, 0.05) is 43.1 Å². The average molecular weight is 318 g/mol. The lowest BCUT2D eigenvalue weighted by Crippen LogP contribution is -2.38. The van der Waals surface area contributed by atoms with E-state index in [-0.39, 0.29) is 0 Å². The first kappa shape index (κ1) is 18.2. The van der Waals surface area contributed by atoms with Gasteiger partial charge in [-0.15, -0.1) is 0 Å². The van der Waals surface area contributed by atoms with Gasteiger partial charge in [0.25, 0.3) is 0 Å². The molecule has 0 spiro atoms. The first-order valence-corrected chi connectivity index (χ1v) is 9.30. The average Bonchev–Trinajstić information content (AvgIpc) is 2.44. The van der Waals surface area contributed by atoms with Gasteiger partial charge in [0.1, 0.15) is 0 Å². The van der Waals surface area contributed by atoms with Crippen molar-refractivity contribution in [1.29, 1.82) is 0 Å². The fourth-order valence-electron chi connectivity index (χ4n) is 4.61. The number of hydrogen-bond donors (Lipinski definition) is 0. The van der Waals surface area contributed by atoms with E-state index in [4.69, 9.17) is 5.10 Å². The quantitative estimate of drug-likeness (QED) is 0.530. The maximum absolute atomic E-state index is 4.99. The second-order valence-electron chi connectivity index (χ2n) is 8.04. The van der Waals surface area contributed by atoms with Crippen LogP contribution in [0.25, 0.3) is 0 Å². The van der Waals surface area contributed by atoms with E-state index in [1.807, 2.05) is 19.1 Å². The second kappa shape index (κ2) is 7.63. The van der Waals surface area contributed by atoms with Crippen LogP contribution in [0.15, 0.2) is 21.9 Å². The van der Waals surface area contributed by atoms with Crippen LogP contribution in [0.4, 0.5) is 0 Å². The molecule has 3 heteroatoms. The van der Waals surface area contributed by atoms with E-state index in [0.717, 1.165) is 29.9 Å². The summed E-state index contributed by atoms with van der Waals surface area (Å²) in [5.74, 6) is 3.44. The number of hydrazone groups is 1. The third kappa shape index (κ3) is 4.45. The van der Waals surface area contributed by atoms with Gasteiger partial charge in [0.2, 0.25) is 0 Å². The summed E-state index contributed by atoms with van der Waals surface area (Å²) >= 11 is 0. The number of aliphatic imine (C=N–C) groups is 1. The highest BCUT2D eigenvalue weighted by molar-refractivity contribution is 5.96. The van der Waals surface area contributed by atoms with Gasteiger partial charge in [-0.3, -0.25) is 4.99 Å². The molecule has 0 aromatic carbocycles. The number of nitrogens with zero attached hydrogens (tertiary/aromatic N) is 3. The fourth-order valence-corrected chi connectivity index (χ4v) is 4.61. The van der Waals surface area contributed by atoms with E-state index in [2.05, 4.69) is 45.7 Å². The number of hydrogen-bond acceptors (Lipinski definition) is 3. The summed E-state index contributed by atoms with van der Waals surface area (Å²) in [6.45, 7) is 11.5. The van der Waals surface area contributed by atoms with Crippen molar-refractivity contribution in [3.8, 4) is 0 Å². The lowest BCUT2D eigenvalue weighted by molar-refractivity contribution is 0.163. The highest BCUT2D eigenvalue weighted by atomic mass is 15.4. The summed E-state index contributed by atoms with van der Waals surface area (Å²) in [5, 5.41) is 6.98. The Morgan fingerprint density at radius 3 is 2.48 bits per heavy atom. The van der Waals surface area contributed by atoms with Crippen LogP contribution in [0.5, 0.6) is 0 Å². The number of allylic oxidation sites excluding steroid dienone is 2. The third-order valence-corrected chi connectivity index (χ3v) is 5.72. The molecule has 1 aliphatic heterocycles. The Kier molecular flexibility index (Phi) is 6.05. The molecule has 0 aromatic rings. The van der Waals surface area contributed by atoms with Crippen LogP contribution in [-0.2, 0) is 0 Å². The first-order chi connectivity index (χ1) is 10.8. The van der Waals surface area contributed by atoms with Gasteiger partial charge in [0.15, 0.2) is 0 Å². The zero-order valence-corrected chi connectivity index (χ0v) is 16.1. The van der Waals surface area contributed by atoms with E-state index in [9.17, 15) is 0 Å². The molecule has 0 saturated heterocycles. The van der Waals surface area contributed by atoms with Crippen LogP contribution >= 0.6 is 0 Å². The van der Waals surface area contributed by atoms with E-state index < -0.39 is 0 Å². The molecule has 5 atom stereocenters. The summed E-state index contributed by atoms with van der Waals surface area (Å²) in [5.41, 5.74) is 3.78. The van der Waals surface area contributed by atoms with E-state index in [0.29, 0.717) is 11.8 Å². The van der Waals surface area contributed by atoms with E-state index in [1.54, 1.807) is 0 Å². The Bertz CT molecular complexity index is 501. The van der Waals surface area contributed by atoms with Crippen LogP contribution in [0.3, 0.4) is 0 Å². The predicted octanol–water partition coefficient (Wildman–Crippen LogP) is 5.00. The molecule has 1 saturated carbocycles. The molecule has 3 nitrogen and oxygen atoms in total. The molecule has 5 unspecified atom stereocenters. The Hall–Kier alpha value is -1.12. The van der Waals surface area contributed by atoms with Gasteiger partial charge in [0.05, 0.1) is 0 Å². The molecule has 0 bridgehead atoms. The van der Waals surface area contributed by atoms with Crippen LogP contribution in [0, 0.1) is 29.6 Å². The van der Waals surface area contributed by atoms with Crippen molar-refractivity contribution in [2.75, 3.05) is 14.1 Å². The Balaban J connectivity index is 2.30. The smallest absolute Gasteiger partial charge is 0.0487 e. The minimum absolute atomic E-state index is 0.424. The summed E-state index contributed by atoms with van der Waals surface area (Å²) < 4.78 is 0. The Labute approximate surface area is 142 Å². The van der Waals surface area contributed by atoms with Gasteiger partial charge in [-0.1, -0.05) is 33.3 Å². The standard InChI is InChI=1S/C20H35N3/c1-8-17-12-19(14(3)9-13(17)2)20(22-23(6)7)18-10-15(4)21-16(5)11-18/h10,13-14,17-19H,8-9,11-12H2,1-7H3/b22-20-. The van der Waals surface area contributed by atoms with Crippen LogP contribution in [0.1, 0.15) is 60.3 Å². The van der Waals surface area contributed by atoms with Crippen molar-refractivity contribution in [2.45, 2.75) is 60.3 Å². The highest BCUT2D eigenvalue weighted by Gasteiger charge is 2.37. The second-order valence-corrected chi connectivity index (χ2v) is 8.04. The van der Waals surface area contributed by atoms with Gasteiger partial charge >= 0.3 is 0 Å². The molecular formula is C20H35N3. The Morgan fingerprint density at radius 1 is 1.22 bits per heavy atom. The summed E-state index contributed by atoms with van der Waals surface area (Å²) in [7, 11) is 4.10. The predicted molar refractivity (Wildman–Crippen MR) is 101 cm³/mol. The molecule has 23 heavy (non-hydrogen) atoms. The van der Waals surface area contributed by atoms with Crippen molar-refractivity contribution in [3.63, 3.8) is 0 Å². The zero-order chi connectivity index (χ0) is 17.1. The SMILES string of the molecule is CCC1CC(/C(=N\N(C)C)C2C=C(C)N=C(C)C2)C(C)CC1C. The summed E-state index contributed by atoms with van der Waals surface area (Å²) in [4.78, 5) is 4.61. The third-order valence-electron chi connectivity index (χ3n) is 5.72. The van der Waals surface area contributed by atoms with Crippen LogP contribution in [-0.4, -0.2) is 30.5 Å². The molecule has 2 aliphatic rings. The van der Waals surface area contributed by atoms with Crippen LogP contribution < -0.4 is 0 Å². The van der Waals surface area contributed by atoms with Crippen molar-refractivity contribution in [1.82, 2.24) is 5.01 Å². The monoisotopic (exact) mass is 317 g/mol. The molecule has 130 valence electrons. The lowest BCUT2D eigenvalue weighted by atomic mass is 9.65. The van der Waals surface area contributed by atoms with Gasteiger partial charge in [-0.25, -0.2) is 0 Å². The van der Waals surface area contributed by atoms with Crippen molar-refractivity contribution < 1.29 is 0 Å². The highest BCUT2D eigenvalue weighted by Crippen LogP contribution is 2.42. The largest absolute Gasteiger partial charge is 0.303 e. The van der Waals surface area contributed by atoms with Crippen LogP contribution in [0.2, 0.25) is 0 Å². The molecule has 1 heterocycles. The molecule has 2 rings (SSSR count). The molecule has 0 radical (unpaired) electrons. The molecule has 1 fully saturated rings. The molecular weight excluding hydrogens is 282 g/mol. The fraction of sp³-hybridized carbons (Fsp3) is 0.800. The Morgan fingerprint density at radius 2 is 1.91 bits per heavy atom. The molecule has 0 amide bonds. The van der Waals surface area contributed by atoms with Gasteiger partial charge < -0.3 is 5.01 Å². The van der Waals surface area contributed by atoms with Gasteiger partial charge in [-0.2, -0.15) is 5.10 Å².